The van der Waals surface area contributed by atoms with Gasteiger partial charge in [0.05, 0.1) is 5.03 Å². The number of rotatable bonds is 4. The Kier molecular flexibility index (Phi) is 4.59. The smallest absolute Gasteiger partial charge is 0.0966 e. The second-order valence-corrected chi connectivity index (χ2v) is 5.70. The van der Waals surface area contributed by atoms with Gasteiger partial charge < -0.3 is 5.73 Å². The molecular formula is C13H13BrN2S. The van der Waals surface area contributed by atoms with Crippen LogP contribution in [0.3, 0.4) is 0 Å². The minimum atomic E-state index is 0.248. The molecule has 4 heteroatoms. The quantitative estimate of drug-likeness (QED) is 0.877. The van der Waals surface area contributed by atoms with Gasteiger partial charge in [0.2, 0.25) is 0 Å². The summed E-state index contributed by atoms with van der Waals surface area (Å²) in [7, 11) is 0. The lowest BCUT2D eigenvalue weighted by atomic mass is 10.1. The predicted molar refractivity (Wildman–Crippen MR) is 76.0 cm³/mol. The number of hydrogen-bond acceptors (Lipinski definition) is 3. The van der Waals surface area contributed by atoms with E-state index in [-0.39, 0.29) is 5.25 Å². The van der Waals surface area contributed by atoms with Crippen molar-refractivity contribution < 1.29 is 0 Å². The van der Waals surface area contributed by atoms with Crippen LogP contribution < -0.4 is 5.73 Å². The average molecular weight is 309 g/mol. The van der Waals surface area contributed by atoms with E-state index in [0.717, 1.165) is 9.50 Å². The van der Waals surface area contributed by atoms with Gasteiger partial charge in [0.25, 0.3) is 0 Å². The Bertz CT molecular complexity index is 459. The SMILES string of the molecule is NCC(Sc1ccccn1)c1ccc(Br)cc1. The van der Waals surface area contributed by atoms with Crippen LogP contribution in [0.4, 0.5) is 0 Å². The van der Waals surface area contributed by atoms with E-state index in [1.54, 1.807) is 18.0 Å². The van der Waals surface area contributed by atoms with Gasteiger partial charge in [0, 0.05) is 22.5 Å². The van der Waals surface area contributed by atoms with E-state index in [1.165, 1.54) is 5.56 Å². The third-order valence-electron chi connectivity index (χ3n) is 2.36. The highest BCUT2D eigenvalue weighted by Gasteiger charge is 2.11. The molecule has 1 aromatic carbocycles. The zero-order valence-corrected chi connectivity index (χ0v) is 11.6. The van der Waals surface area contributed by atoms with Gasteiger partial charge in [-0.15, -0.1) is 0 Å². The fourth-order valence-electron chi connectivity index (χ4n) is 1.49. The zero-order chi connectivity index (χ0) is 12.1. The Morgan fingerprint density at radius 2 is 1.94 bits per heavy atom. The summed E-state index contributed by atoms with van der Waals surface area (Å²) in [6, 6.07) is 14.2. The summed E-state index contributed by atoms with van der Waals surface area (Å²) >= 11 is 5.13. The standard InChI is InChI=1S/C13H13BrN2S/c14-11-6-4-10(5-7-11)12(9-15)17-13-3-1-2-8-16-13/h1-8,12H,9,15H2. The number of nitrogens with zero attached hydrogens (tertiary/aromatic N) is 1. The fraction of sp³-hybridized carbons (Fsp3) is 0.154. The lowest BCUT2D eigenvalue weighted by Crippen LogP contribution is -2.09. The Labute approximate surface area is 114 Å². The van der Waals surface area contributed by atoms with Gasteiger partial charge in [0.15, 0.2) is 0 Å². The predicted octanol–water partition coefficient (Wildman–Crippen LogP) is 3.64. The van der Waals surface area contributed by atoms with Crippen LogP contribution in [0.5, 0.6) is 0 Å². The maximum absolute atomic E-state index is 5.83. The summed E-state index contributed by atoms with van der Waals surface area (Å²) in [6.07, 6.45) is 1.80. The number of pyridine rings is 1. The molecule has 0 amide bonds. The molecule has 0 radical (unpaired) electrons. The zero-order valence-electron chi connectivity index (χ0n) is 9.21. The number of nitrogens with two attached hydrogens (primary N) is 1. The first-order chi connectivity index (χ1) is 8.29. The Morgan fingerprint density at radius 1 is 1.18 bits per heavy atom. The van der Waals surface area contributed by atoms with E-state index < -0.39 is 0 Å². The largest absolute Gasteiger partial charge is 0.329 e. The summed E-state index contributed by atoms with van der Waals surface area (Å²) in [4.78, 5) is 4.31. The molecule has 1 heterocycles. The van der Waals surface area contributed by atoms with Crippen molar-refractivity contribution in [2.45, 2.75) is 10.3 Å². The molecule has 88 valence electrons. The summed E-state index contributed by atoms with van der Waals surface area (Å²) in [6.45, 7) is 0.600. The minimum Gasteiger partial charge on any atom is -0.329 e. The van der Waals surface area contributed by atoms with Crippen molar-refractivity contribution in [3.63, 3.8) is 0 Å². The molecule has 0 saturated heterocycles. The first-order valence-electron chi connectivity index (χ1n) is 5.33. The number of benzene rings is 1. The van der Waals surface area contributed by atoms with Crippen molar-refractivity contribution in [3.8, 4) is 0 Å². The van der Waals surface area contributed by atoms with E-state index in [0.29, 0.717) is 6.54 Å². The average Bonchev–Trinajstić information content (AvgIpc) is 2.38. The molecule has 0 aliphatic heterocycles. The van der Waals surface area contributed by atoms with Crippen molar-refractivity contribution >= 4 is 27.7 Å². The summed E-state index contributed by atoms with van der Waals surface area (Å²) in [5, 5.41) is 1.25. The molecule has 1 aromatic heterocycles. The molecular weight excluding hydrogens is 296 g/mol. The van der Waals surface area contributed by atoms with Crippen LogP contribution >= 0.6 is 27.7 Å². The number of hydrogen-bond donors (Lipinski definition) is 1. The van der Waals surface area contributed by atoms with Gasteiger partial charge in [-0.05, 0) is 29.8 Å². The van der Waals surface area contributed by atoms with E-state index in [4.69, 9.17) is 5.73 Å². The number of halogens is 1. The van der Waals surface area contributed by atoms with E-state index in [9.17, 15) is 0 Å². The van der Waals surface area contributed by atoms with Gasteiger partial charge in [-0.1, -0.05) is 45.9 Å². The summed E-state index contributed by atoms with van der Waals surface area (Å²) < 4.78 is 1.08. The molecule has 1 unspecified atom stereocenters. The highest BCUT2D eigenvalue weighted by Crippen LogP contribution is 2.33. The van der Waals surface area contributed by atoms with Crippen molar-refractivity contribution in [2.24, 2.45) is 5.73 Å². The second-order valence-electron chi connectivity index (χ2n) is 3.56. The first kappa shape index (κ1) is 12.6. The lowest BCUT2D eigenvalue weighted by Gasteiger charge is -2.14. The molecule has 0 bridgehead atoms. The molecule has 0 fully saturated rings. The molecule has 17 heavy (non-hydrogen) atoms. The van der Waals surface area contributed by atoms with Crippen molar-refractivity contribution in [3.05, 3.63) is 58.7 Å². The van der Waals surface area contributed by atoms with Gasteiger partial charge in [-0.3, -0.25) is 0 Å². The van der Waals surface area contributed by atoms with Crippen LogP contribution in [0.15, 0.2) is 58.2 Å². The van der Waals surface area contributed by atoms with Gasteiger partial charge >= 0.3 is 0 Å². The Hall–Kier alpha value is -0.840. The molecule has 0 spiro atoms. The van der Waals surface area contributed by atoms with Crippen LogP contribution in [-0.2, 0) is 0 Å². The normalized spacial score (nSPS) is 12.4. The van der Waals surface area contributed by atoms with Gasteiger partial charge in [-0.2, -0.15) is 0 Å². The van der Waals surface area contributed by atoms with Gasteiger partial charge in [0.1, 0.15) is 0 Å². The molecule has 0 saturated carbocycles. The third kappa shape index (κ3) is 3.56. The molecule has 2 aromatic rings. The maximum atomic E-state index is 5.83. The second kappa shape index (κ2) is 6.19. The lowest BCUT2D eigenvalue weighted by molar-refractivity contribution is 0.934. The van der Waals surface area contributed by atoms with Crippen LogP contribution in [0.25, 0.3) is 0 Å². The molecule has 0 aliphatic carbocycles. The van der Waals surface area contributed by atoms with Crippen molar-refractivity contribution in [1.82, 2.24) is 4.98 Å². The van der Waals surface area contributed by atoms with E-state index in [2.05, 4.69) is 33.0 Å². The summed E-state index contributed by atoms with van der Waals surface area (Å²) in [5.74, 6) is 0. The molecule has 2 N–H and O–H groups in total. The molecule has 2 rings (SSSR count). The molecule has 0 aliphatic rings. The molecule has 2 nitrogen and oxygen atoms in total. The van der Waals surface area contributed by atoms with Crippen LogP contribution in [0, 0.1) is 0 Å². The van der Waals surface area contributed by atoms with E-state index >= 15 is 0 Å². The third-order valence-corrected chi connectivity index (χ3v) is 4.12. The first-order valence-corrected chi connectivity index (χ1v) is 7.00. The number of thioether (sulfide) groups is 1. The van der Waals surface area contributed by atoms with Crippen LogP contribution in [0.2, 0.25) is 0 Å². The Morgan fingerprint density at radius 3 is 2.53 bits per heavy atom. The van der Waals surface area contributed by atoms with Crippen LogP contribution in [-0.4, -0.2) is 11.5 Å². The molecule has 1 atom stereocenters. The maximum Gasteiger partial charge on any atom is 0.0966 e. The number of aromatic nitrogens is 1. The Balaban J connectivity index is 2.14. The highest BCUT2D eigenvalue weighted by atomic mass is 79.9. The minimum absolute atomic E-state index is 0.248. The topological polar surface area (TPSA) is 38.9 Å². The van der Waals surface area contributed by atoms with E-state index in [1.807, 2.05) is 30.3 Å². The fourth-order valence-corrected chi connectivity index (χ4v) is 2.72. The van der Waals surface area contributed by atoms with Crippen molar-refractivity contribution in [2.75, 3.05) is 6.54 Å². The van der Waals surface area contributed by atoms with Crippen molar-refractivity contribution in [1.29, 1.82) is 0 Å². The summed E-state index contributed by atoms with van der Waals surface area (Å²) in [5.41, 5.74) is 7.06. The monoisotopic (exact) mass is 308 g/mol. The highest BCUT2D eigenvalue weighted by molar-refractivity contribution is 9.10. The van der Waals surface area contributed by atoms with Gasteiger partial charge in [-0.25, -0.2) is 4.98 Å². The van der Waals surface area contributed by atoms with Crippen LogP contribution in [0.1, 0.15) is 10.8 Å².